The first-order valence-electron chi connectivity index (χ1n) is 6.30. The zero-order valence-corrected chi connectivity index (χ0v) is 12.1. The summed E-state index contributed by atoms with van der Waals surface area (Å²) in [5, 5.41) is 0. The number of nitrogens with zero attached hydrogens (tertiary/aromatic N) is 2. The maximum atomic E-state index is 12.8. The molecule has 0 unspecified atom stereocenters. The van der Waals surface area contributed by atoms with E-state index in [9.17, 15) is 8.42 Å². The van der Waals surface area contributed by atoms with Gasteiger partial charge >= 0.3 is 10.0 Å². The molecule has 0 aliphatic rings. The van der Waals surface area contributed by atoms with E-state index in [-0.39, 0.29) is 0 Å². The van der Waals surface area contributed by atoms with E-state index >= 15 is 0 Å². The molecule has 0 aliphatic heterocycles. The highest BCUT2D eigenvalue weighted by Gasteiger charge is 2.30. The van der Waals surface area contributed by atoms with Crippen LogP contribution in [-0.4, -0.2) is 12.4 Å². The van der Waals surface area contributed by atoms with Crippen LogP contribution in [0.15, 0.2) is 59.5 Å². The standard InChI is InChI=1S/C15H15N2O2S/c1-12-16(2)14-10-6-7-11-15(14)17(12)20(18,19)13-8-4-3-5-9-13/h3-11H,1-2H3/q+1. The van der Waals surface area contributed by atoms with Crippen molar-refractivity contribution in [3.05, 3.63) is 60.4 Å². The van der Waals surface area contributed by atoms with Crippen LogP contribution < -0.4 is 4.57 Å². The first-order chi connectivity index (χ1) is 9.53. The van der Waals surface area contributed by atoms with Crippen molar-refractivity contribution in [1.82, 2.24) is 3.97 Å². The zero-order chi connectivity index (χ0) is 14.3. The van der Waals surface area contributed by atoms with Crippen LogP contribution in [-0.2, 0) is 17.1 Å². The second-order valence-electron chi connectivity index (χ2n) is 4.68. The molecular formula is C15H15N2O2S+. The van der Waals surface area contributed by atoms with Gasteiger partial charge in [0.1, 0.15) is 4.90 Å². The molecule has 1 heterocycles. The first kappa shape index (κ1) is 12.9. The molecule has 0 spiro atoms. The summed E-state index contributed by atoms with van der Waals surface area (Å²) < 4.78 is 28.9. The van der Waals surface area contributed by atoms with Crippen LogP contribution >= 0.6 is 0 Å². The van der Waals surface area contributed by atoms with Gasteiger partial charge in [-0.2, -0.15) is 8.42 Å². The molecule has 0 N–H and O–H groups in total. The van der Waals surface area contributed by atoms with Crippen molar-refractivity contribution >= 4 is 21.1 Å². The average Bonchev–Trinajstić information content (AvgIpc) is 2.73. The third-order valence-electron chi connectivity index (χ3n) is 3.52. The number of imidazole rings is 1. The molecule has 20 heavy (non-hydrogen) atoms. The SMILES string of the molecule is Cc1n(S(=O)(=O)c2ccccc2)c2ccccc2[n+]1C. The highest BCUT2D eigenvalue weighted by atomic mass is 32.2. The summed E-state index contributed by atoms with van der Waals surface area (Å²) in [6.45, 7) is 1.81. The number of hydrogen-bond acceptors (Lipinski definition) is 2. The van der Waals surface area contributed by atoms with Gasteiger partial charge in [0.05, 0.1) is 7.05 Å². The lowest BCUT2D eigenvalue weighted by atomic mass is 10.3. The number of aryl methyl sites for hydroxylation is 1. The Morgan fingerprint density at radius 1 is 0.950 bits per heavy atom. The fourth-order valence-corrected chi connectivity index (χ4v) is 4.00. The average molecular weight is 287 g/mol. The lowest BCUT2D eigenvalue weighted by molar-refractivity contribution is -0.651. The number of para-hydroxylation sites is 2. The molecule has 4 nitrogen and oxygen atoms in total. The quantitative estimate of drug-likeness (QED) is 0.677. The third kappa shape index (κ3) is 1.74. The Kier molecular flexibility index (Phi) is 2.87. The van der Waals surface area contributed by atoms with E-state index in [2.05, 4.69) is 0 Å². The minimum absolute atomic E-state index is 0.296. The molecular weight excluding hydrogens is 272 g/mol. The Morgan fingerprint density at radius 2 is 1.55 bits per heavy atom. The van der Waals surface area contributed by atoms with Gasteiger partial charge in [0.15, 0.2) is 11.0 Å². The van der Waals surface area contributed by atoms with Crippen molar-refractivity contribution in [1.29, 1.82) is 0 Å². The maximum Gasteiger partial charge on any atom is 0.335 e. The van der Waals surface area contributed by atoms with E-state index in [4.69, 9.17) is 0 Å². The second kappa shape index (κ2) is 4.45. The van der Waals surface area contributed by atoms with Crippen molar-refractivity contribution in [2.24, 2.45) is 7.05 Å². The van der Waals surface area contributed by atoms with E-state index in [0.717, 1.165) is 5.52 Å². The lowest BCUT2D eigenvalue weighted by Gasteiger charge is -2.02. The molecule has 2 aromatic carbocycles. The molecule has 0 saturated carbocycles. The summed E-state index contributed by atoms with van der Waals surface area (Å²) in [4.78, 5) is 0.296. The fraction of sp³-hybridized carbons (Fsp3) is 0.133. The van der Waals surface area contributed by atoms with Crippen LogP contribution in [0.2, 0.25) is 0 Å². The van der Waals surface area contributed by atoms with Gasteiger partial charge in [0.25, 0.3) is 5.82 Å². The van der Waals surface area contributed by atoms with Gasteiger partial charge in [-0.05, 0) is 24.3 Å². The van der Waals surface area contributed by atoms with Gasteiger partial charge in [-0.1, -0.05) is 30.3 Å². The Labute approximate surface area is 118 Å². The van der Waals surface area contributed by atoms with E-state index < -0.39 is 10.0 Å². The predicted octanol–water partition coefficient (Wildman–Crippen LogP) is 2.01. The summed E-state index contributed by atoms with van der Waals surface area (Å²) in [7, 11) is -1.71. The largest absolute Gasteiger partial charge is 0.335 e. The topological polar surface area (TPSA) is 43.0 Å². The summed E-state index contributed by atoms with van der Waals surface area (Å²) in [5.41, 5.74) is 1.58. The lowest BCUT2D eigenvalue weighted by Crippen LogP contribution is -2.32. The third-order valence-corrected chi connectivity index (χ3v) is 5.33. The molecule has 3 rings (SSSR count). The first-order valence-corrected chi connectivity index (χ1v) is 7.74. The minimum atomic E-state index is -3.58. The zero-order valence-electron chi connectivity index (χ0n) is 11.3. The number of benzene rings is 2. The molecule has 0 atom stereocenters. The van der Waals surface area contributed by atoms with Gasteiger partial charge in [0, 0.05) is 6.92 Å². The smallest absolute Gasteiger partial charge is 0.229 e. The summed E-state index contributed by atoms with van der Waals surface area (Å²) >= 11 is 0. The summed E-state index contributed by atoms with van der Waals surface area (Å²) in [5.74, 6) is 0.676. The van der Waals surface area contributed by atoms with Crippen molar-refractivity contribution in [2.45, 2.75) is 11.8 Å². The maximum absolute atomic E-state index is 12.8. The Balaban J connectivity index is 2.39. The van der Waals surface area contributed by atoms with Crippen molar-refractivity contribution in [2.75, 3.05) is 0 Å². The van der Waals surface area contributed by atoms with Gasteiger partial charge in [-0.15, -0.1) is 3.97 Å². The highest BCUT2D eigenvalue weighted by Crippen LogP contribution is 2.21. The number of rotatable bonds is 2. The molecule has 5 heteroatoms. The summed E-state index contributed by atoms with van der Waals surface area (Å²) in [6.07, 6.45) is 0. The predicted molar refractivity (Wildman–Crippen MR) is 76.9 cm³/mol. The fourth-order valence-electron chi connectivity index (χ4n) is 2.41. The Bertz CT molecular complexity index is 881. The van der Waals surface area contributed by atoms with Crippen LogP contribution in [0.3, 0.4) is 0 Å². The van der Waals surface area contributed by atoms with Gasteiger partial charge in [0.2, 0.25) is 0 Å². The van der Waals surface area contributed by atoms with E-state index in [1.165, 1.54) is 3.97 Å². The molecule has 0 bridgehead atoms. The van der Waals surface area contributed by atoms with Crippen LogP contribution in [0.5, 0.6) is 0 Å². The highest BCUT2D eigenvalue weighted by molar-refractivity contribution is 7.90. The van der Waals surface area contributed by atoms with Gasteiger partial charge in [-0.25, -0.2) is 4.57 Å². The molecule has 0 radical (unpaired) electrons. The molecule has 0 amide bonds. The van der Waals surface area contributed by atoms with E-state index in [1.54, 1.807) is 37.3 Å². The van der Waals surface area contributed by atoms with Crippen LogP contribution in [0.25, 0.3) is 11.0 Å². The van der Waals surface area contributed by atoms with Gasteiger partial charge < -0.3 is 0 Å². The second-order valence-corrected chi connectivity index (χ2v) is 6.46. The molecule has 102 valence electrons. The summed E-state index contributed by atoms with van der Waals surface area (Å²) in [6, 6.07) is 16.0. The molecule has 1 aromatic heterocycles. The molecule has 0 fully saturated rings. The molecule has 3 aromatic rings. The number of hydrogen-bond donors (Lipinski definition) is 0. The van der Waals surface area contributed by atoms with Crippen LogP contribution in [0.1, 0.15) is 5.82 Å². The monoisotopic (exact) mass is 287 g/mol. The molecule has 0 aliphatic carbocycles. The Hall–Kier alpha value is -2.14. The van der Waals surface area contributed by atoms with Crippen molar-refractivity contribution in [3.63, 3.8) is 0 Å². The number of fused-ring (bicyclic) bond motifs is 1. The van der Waals surface area contributed by atoms with E-state index in [0.29, 0.717) is 16.2 Å². The van der Waals surface area contributed by atoms with Crippen molar-refractivity contribution in [3.8, 4) is 0 Å². The minimum Gasteiger partial charge on any atom is -0.229 e. The van der Waals surface area contributed by atoms with Gasteiger partial charge in [-0.3, -0.25) is 0 Å². The normalized spacial score (nSPS) is 11.9. The Morgan fingerprint density at radius 3 is 2.25 bits per heavy atom. The molecule has 0 saturated heterocycles. The van der Waals surface area contributed by atoms with Crippen molar-refractivity contribution < 1.29 is 13.0 Å². The van der Waals surface area contributed by atoms with Crippen LogP contribution in [0.4, 0.5) is 0 Å². The number of aromatic nitrogens is 2. The van der Waals surface area contributed by atoms with Crippen LogP contribution in [0, 0.1) is 6.92 Å². The van der Waals surface area contributed by atoms with E-state index in [1.807, 2.05) is 35.9 Å².